The van der Waals surface area contributed by atoms with E-state index in [9.17, 15) is 9.59 Å². The molecule has 0 radical (unpaired) electrons. The molecular weight excluding hydrogens is 292 g/mol. The minimum atomic E-state index is -0.553. The molecule has 1 aliphatic heterocycles. The summed E-state index contributed by atoms with van der Waals surface area (Å²) in [5.74, 6) is 0.202. The lowest BCUT2D eigenvalue weighted by Crippen LogP contribution is -2.44. The van der Waals surface area contributed by atoms with Crippen molar-refractivity contribution in [1.82, 2.24) is 4.90 Å². The highest BCUT2D eigenvalue weighted by atomic mass is 16.5. The minimum Gasteiger partial charge on any atom is -0.497 e. The fourth-order valence-corrected chi connectivity index (χ4v) is 2.73. The van der Waals surface area contributed by atoms with E-state index in [1.54, 1.807) is 32.4 Å². The van der Waals surface area contributed by atoms with Gasteiger partial charge in [0.15, 0.2) is 0 Å². The van der Waals surface area contributed by atoms with Crippen molar-refractivity contribution >= 4 is 17.5 Å². The molecule has 2 aromatic carbocycles. The number of rotatable bonds is 3. The van der Waals surface area contributed by atoms with E-state index in [-0.39, 0.29) is 11.8 Å². The van der Waals surface area contributed by atoms with Gasteiger partial charge in [-0.1, -0.05) is 30.3 Å². The first-order valence-corrected chi connectivity index (χ1v) is 7.40. The van der Waals surface area contributed by atoms with E-state index in [1.165, 1.54) is 4.90 Å². The number of likely N-dealkylation sites (N-methyl/N-ethyl adjacent to an activating group) is 1. The van der Waals surface area contributed by atoms with Crippen molar-refractivity contribution in [3.8, 4) is 5.75 Å². The SMILES string of the molecule is COc1ccc2c(c1)C(=O)N(C)[C@@H](Cc1ccccc1)C(=O)N2. The molecule has 1 atom stereocenters. The van der Waals surface area contributed by atoms with Gasteiger partial charge in [0.1, 0.15) is 11.8 Å². The van der Waals surface area contributed by atoms with Gasteiger partial charge in [-0.25, -0.2) is 0 Å². The predicted octanol–water partition coefficient (Wildman–Crippen LogP) is 2.33. The molecule has 1 aliphatic rings. The van der Waals surface area contributed by atoms with E-state index in [1.807, 2.05) is 30.3 Å². The zero-order chi connectivity index (χ0) is 16.4. The van der Waals surface area contributed by atoms with Crippen LogP contribution in [0.5, 0.6) is 5.75 Å². The number of nitrogens with zero attached hydrogens (tertiary/aromatic N) is 1. The molecule has 1 N–H and O–H groups in total. The molecule has 0 fully saturated rings. The van der Waals surface area contributed by atoms with Crippen LogP contribution in [0.3, 0.4) is 0 Å². The lowest BCUT2D eigenvalue weighted by Gasteiger charge is -2.24. The molecule has 1 heterocycles. The number of hydrogen-bond acceptors (Lipinski definition) is 3. The summed E-state index contributed by atoms with van der Waals surface area (Å²) in [7, 11) is 3.20. The molecular formula is C18H18N2O3. The van der Waals surface area contributed by atoms with Gasteiger partial charge in [0.05, 0.1) is 18.4 Å². The number of anilines is 1. The van der Waals surface area contributed by atoms with Gasteiger partial charge in [0.25, 0.3) is 5.91 Å². The maximum absolute atomic E-state index is 12.7. The van der Waals surface area contributed by atoms with E-state index in [0.717, 1.165) is 5.56 Å². The summed E-state index contributed by atoms with van der Waals surface area (Å²) < 4.78 is 5.17. The Bertz CT molecular complexity index is 743. The van der Waals surface area contributed by atoms with Crippen LogP contribution in [0, 0.1) is 0 Å². The molecule has 0 spiro atoms. The van der Waals surface area contributed by atoms with E-state index < -0.39 is 6.04 Å². The molecule has 0 unspecified atom stereocenters. The molecule has 0 bridgehead atoms. The van der Waals surface area contributed by atoms with Gasteiger partial charge in [-0.3, -0.25) is 9.59 Å². The number of methoxy groups -OCH3 is 1. The molecule has 23 heavy (non-hydrogen) atoms. The van der Waals surface area contributed by atoms with Crippen LogP contribution in [0.25, 0.3) is 0 Å². The van der Waals surface area contributed by atoms with Crippen molar-refractivity contribution in [3.05, 3.63) is 59.7 Å². The fraction of sp³-hybridized carbons (Fsp3) is 0.222. The van der Waals surface area contributed by atoms with Gasteiger partial charge in [-0.15, -0.1) is 0 Å². The van der Waals surface area contributed by atoms with E-state index >= 15 is 0 Å². The Morgan fingerprint density at radius 3 is 2.57 bits per heavy atom. The van der Waals surface area contributed by atoms with Gasteiger partial charge in [-0.2, -0.15) is 0 Å². The average Bonchev–Trinajstić information content (AvgIpc) is 2.66. The molecule has 0 aromatic heterocycles. The third kappa shape index (κ3) is 2.90. The van der Waals surface area contributed by atoms with Gasteiger partial charge in [0, 0.05) is 13.5 Å². The van der Waals surface area contributed by atoms with E-state index in [4.69, 9.17) is 4.74 Å². The molecule has 5 heteroatoms. The smallest absolute Gasteiger partial charge is 0.256 e. The van der Waals surface area contributed by atoms with Crippen LogP contribution in [-0.4, -0.2) is 36.9 Å². The molecule has 3 rings (SSSR count). The summed E-state index contributed by atoms with van der Waals surface area (Å²) in [6.45, 7) is 0. The number of carbonyl (C=O) groups is 2. The minimum absolute atomic E-state index is 0.186. The monoisotopic (exact) mass is 310 g/mol. The molecule has 0 aliphatic carbocycles. The number of fused-ring (bicyclic) bond motifs is 1. The molecule has 2 aromatic rings. The van der Waals surface area contributed by atoms with Gasteiger partial charge in [0.2, 0.25) is 5.91 Å². The Labute approximate surface area is 134 Å². The first-order chi connectivity index (χ1) is 11.1. The lowest BCUT2D eigenvalue weighted by molar-refractivity contribution is -0.120. The van der Waals surface area contributed by atoms with Gasteiger partial charge >= 0.3 is 0 Å². The number of hydrogen-bond donors (Lipinski definition) is 1. The van der Waals surface area contributed by atoms with Crippen molar-refractivity contribution in [2.45, 2.75) is 12.5 Å². The third-order valence-electron chi connectivity index (χ3n) is 4.08. The Morgan fingerprint density at radius 1 is 1.13 bits per heavy atom. The Balaban J connectivity index is 1.94. The summed E-state index contributed by atoms with van der Waals surface area (Å²) >= 11 is 0. The van der Waals surface area contributed by atoms with Gasteiger partial charge in [-0.05, 0) is 23.8 Å². The van der Waals surface area contributed by atoms with Crippen molar-refractivity contribution in [3.63, 3.8) is 0 Å². The van der Waals surface area contributed by atoms with Crippen molar-refractivity contribution < 1.29 is 14.3 Å². The molecule has 0 saturated carbocycles. The maximum Gasteiger partial charge on any atom is 0.256 e. The summed E-state index contributed by atoms with van der Waals surface area (Å²) in [5.41, 5.74) is 1.97. The largest absolute Gasteiger partial charge is 0.497 e. The molecule has 0 saturated heterocycles. The predicted molar refractivity (Wildman–Crippen MR) is 87.7 cm³/mol. The van der Waals surface area contributed by atoms with Crippen molar-refractivity contribution in [1.29, 1.82) is 0 Å². The highest BCUT2D eigenvalue weighted by Crippen LogP contribution is 2.27. The fourth-order valence-electron chi connectivity index (χ4n) is 2.73. The molecule has 5 nitrogen and oxygen atoms in total. The van der Waals surface area contributed by atoms with Crippen LogP contribution in [-0.2, 0) is 11.2 Å². The summed E-state index contributed by atoms with van der Waals surface area (Å²) in [6, 6.07) is 14.2. The van der Waals surface area contributed by atoms with Gasteiger partial charge < -0.3 is 15.0 Å². The van der Waals surface area contributed by atoms with E-state index in [0.29, 0.717) is 23.4 Å². The topological polar surface area (TPSA) is 58.6 Å². The second-order valence-electron chi connectivity index (χ2n) is 5.52. The zero-order valence-corrected chi connectivity index (χ0v) is 13.1. The average molecular weight is 310 g/mol. The number of nitrogens with one attached hydrogen (secondary N) is 1. The van der Waals surface area contributed by atoms with Crippen LogP contribution in [0.15, 0.2) is 48.5 Å². The Kier molecular flexibility index (Phi) is 4.02. The van der Waals surface area contributed by atoms with Crippen LogP contribution >= 0.6 is 0 Å². The Hall–Kier alpha value is -2.82. The summed E-state index contributed by atoms with van der Waals surface area (Å²) in [4.78, 5) is 26.8. The number of ether oxygens (including phenoxy) is 1. The number of amides is 2. The van der Waals surface area contributed by atoms with E-state index in [2.05, 4.69) is 5.32 Å². The third-order valence-corrected chi connectivity index (χ3v) is 4.08. The van der Waals surface area contributed by atoms with Crippen molar-refractivity contribution in [2.75, 3.05) is 19.5 Å². The quantitative estimate of drug-likeness (QED) is 0.946. The summed E-state index contributed by atoms with van der Waals surface area (Å²) in [6.07, 6.45) is 0.472. The second-order valence-corrected chi connectivity index (χ2v) is 5.52. The highest BCUT2D eigenvalue weighted by Gasteiger charge is 2.33. The van der Waals surface area contributed by atoms with Crippen LogP contribution in [0.2, 0.25) is 0 Å². The highest BCUT2D eigenvalue weighted by molar-refractivity contribution is 6.10. The number of carbonyl (C=O) groups excluding carboxylic acids is 2. The summed E-state index contributed by atoms with van der Waals surface area (Å²) in [5, 5.41) is 2.85. The number of benzene rings is 2. The zero-order valence-electron chi connectivity index (χ0n) is 13.1. The lowest BCUT2D eigenvalue weighted by atomic mass is 10.0. The standard InChI is InChI=1S/C18H18N2O3/c1-20-16(10-12-6-4-3-5-7-12)17(21)19-15-9-8-13(23-2)11-14(15)18(20)22/h3-9,11,16H,10H2,1-2H3,(H,19,21)/t16-/m0/s1. The second kappa shape index (κ2) is 6.12. The molecule has 118 valence electrons. The molecule has 2 amide bonds. The van der Waals surface area contributed by atoms with Crippen molar-refractivity contribution in [2.24, 2.45) is 0 Å². The maximum atomic E-state index is 12.7. The van der Waals surface area contributed by atoms with Crippen LogP contribution in [0.4, 0.5) is 5.69 Å². The van der Waals surface area contributed by atoms with Crippen LogP contribution in [0.1, 0.15) is 15.9 Å². The first kappa shape index (κ1) is 15.1. The Morgan fingerprint density at radius 2 is 1.87 bits per heavy atom. The first-order valence-electron chi connectivity index (χ1n) is 7.40. The van der Waals surface area contributed by atoms with Crippen LogP contribution < -0.4 is 10.1 Å². The normalized spacial score (nSPS) is 17.3.